The molecular formula is C13H23BrO6. The van der Waals surface area contributed by atoms with Gasteiger partial charge in [-0.2, -0.15) is 0 Å². The number of halogens is 1. The van der Waals surface area contributed by atoms with Crippen LogP contribution < -0.4 is 0 Å². The Bertz CT molecular complexity index is 300. The van der Waals surface area contributed by atoms with Crippen LogP contribution in [0.2, 0.25) is 0 Å². The molecule has 0 rings (SSSR count). The molecule has 6 nitrogen and oxygen atoms in total. The first kappa shape index (κ1) is 19.3. The number of hydrogen-bond donors (Lipinski definition) is 2. The Labute approximate surface area is 127 Å². The molecule has 118 valence electrons. The summed E-state index contributed by atoms with van der Waals surface area (Å²) in [6.07, 6.45) is 0.625. The zero-order chi connectivity index (χ0) is 15.8. The number of hydrogen-bond acceptors (Lipinski definition) is 4. The molecule has 0 spiro atoms. The van der Waals surface area contributed by atoms with Crippen LogP contribution in [0.4, 0.5) is 0 Å². The SMILES string of the molecule is CCOC(OCC)C(CC)CCC(Br)(C(=O)O)C(=O)O. The lowest BCUT2D eigenvalue weighted by Crippen LogP contribution is -2.41. The molecule has 0 aliphatic carbocycles. The number of rotatable bonds is 11. The Balaban J connectivity index is 4.77. The van der Waals surface area contributed by atoms with Crippen molar-refractivity contribution < 1.29 is 29.3 Å². The minimum Gasteiger partial charge on any atom is -0.480 e. The number of carboxylic acids is 2. The fraction of sp³-hybridized carbons (Fsp3) is 0.846. The van der Waals surface area contributed by atoms with Gasteiger partial charge in [0.1, 0.15) is 0 Å². The molecule has 0 fully saturated rings. The summed E-state index contributed by atoms with van der Waals surface area (Å²) in [7, 11) is 0. The van der Waals surface area contributed by atoms with Crippen molar-refractivity contribution in [2.75, 3.05) is 13.2 Å². The maximum Gasteiger partial charge on any atom is 0.332 e. The average Bonchev–Trinajstić information content (AvgIpc) is 2.38. The molecule has 0 radical (unpaired) electrons. The van der Waals surface area contributed by atoms with E-state index in [1.54, 1.807) is 0 Å². The van der Waals surface area contributed by atoms with Gasteiger partial charge < -0.3 is 19.7 Å². The van der Waals surface area contributed by atoms with E-state index in [0.717, 1.165) is 0 Å². The Morgan fingerprint density at radius 3 is 1.85 bits per heavy atom. The second-order valence-corrected chi connectivity index (χ2v) is 5.75. The van der Waals surface area contributed by atoms with Gasteiger partial charge in [-0.05, 0) is 33.1 Å². The Hall–Kier alpha value is -0.660. The number of carbonyl (C=O) groups is 2. The van der Waals surface area contributed by atoms with Gasteiger partial charge in [-0.1, -0.05) is 22.9 Å². The van der Waals surface area contributed by atoms with Crippen molar-refractivity contribution in [2.24, 2.45) is 5.92 Å². The summed E-state index contributed by atoms with van der Waals surface area (Å²) < 4.78 is 9.02. The summed E-state index contributed by atoms with van der Waals surface area (Å²) in [5.41, 5.74) is 0. The van der Waals surface area contributed by atoms with Gasteiger partial charge in [0.25, 0.3) is 0 Å². The third-order valence-corrected chi connectivity index (χ3v) is 4.18. The van der Waals surface area contributed by atoms with Crippen LogP contribution in [0.25, 0.3) is 0 Å². The highest BCUT2D eigenvalue weighted by atomic mass is 79.9. The number of alkyl halides is 1. The van der Waals surface area contributed by atoms with E-state index in [1.165, 1.54) is 0 Å². The van der Waals surface area contributed by atoms with E-state index in [0.29, 0.717) is 26.1 Å². The Morgan fingerprint density at radius 1 is 1.10 bits per heavy atom. The minimum atomic E-state index is -1.95. The van der Waals surface area contributed by atoms with E-state index in [-0.39, 0.29) is 12.3 Å². The van der Waals surface area contributed by atoms with Crippen molar-refractivity contribution >= 4 is 27.9 Å². The van der Waals surface area contributed by atoms with E-state index in [2.05, 4.69) is 15.9 Å². The summed E-state index contributed by atoms with van der Waals surface area (Å²) in [6.45, 7) is 6.61. The van der Waals surface area contributed by atoms with E-state index >= 15 is 0 Å². The maximum absolute atomic E-state index is 11.1. The highest BCUT2D eigenvalue weighted by molar-refractivity contribution is 9.10. The van der Waals surface area contributed by atoms with Gasteiger partial charge in [-0.15, -0.1) is 0 Å². The summed E-state index contributed by atoms with van der Waals surface area (Å²) in [5.74, 6) is -2.85. The molecular weight excluding hydrogens is 332 g/mol. The van der Waals surface area contributed by atoms with E-state index in [4.69, 9.17) is 19.7 Å². The highest BCUT2D eigenvalue weighted by Gasteiger charge is 2.44. The van der Waals surface area contributed by atoms with Crippen LogP contribution in [-0.4, -0.2) is 46.0 Å². The van der Waals surface area contributed by atoms with Gasteiger partial charge in [0.05, 0.1) is 0 Å². The monoisotopic (exact) mass is 354 g/mol. The van der Waals surface area contributed by atoms with Gasteiger partial charge in [0.15, 0.2) is 6.29 Å². The second kappa shape index (κ2) is 9.31. The summed E-state index contributed by atoms with van der Waals surface area (Å²) in [5, 5.41) is 18.1. The van der Waals surface area contributed by atoms with Crippen LogP contribution in [0.1, 0.15) is 40.0 Å². The average molecular weight is 355 g/mol. The quantitative estimate of drug-likeness (QED) is 0.336. The third-order valence-electron chi connectivity index (χ3n) is 3.11. The van der Waals surface area contributed by atoms with Crippen LogP contribution in [0.3, 0.4) is 0 Å². The maximum atomic E-state index is 11.1. The zero-order valence-corrected chi connectivity index (χ0v) is 13.7. The molecule has 0 aliphatic heterocycles. The fourth-order valence-corrected chi connectivity index (χ4v) is 2.10. The lowest BCUT2D eigenvalue weighted by Gasteiger charge is -2.27. The summed E-state index contributed by atoms with van der Waals surface area (Å²) in [6, 6.07) is 0. The Morgan fingerprint density at radius 2 is 1.55 bits per heavy atom. The number of ether oxygens (including phenoxy) is 2. The van der Waals surface area contributed by atoms with Gasteiger partial charge in [0.2, 0.25) is 4.32 Å². The van der Waals surface area contributed by atoms with Crippen molar-refractivity contribution in [2.45, 2.75) is 50.6 Å². The normalized spacial score (nSPS) is 13.4. The molecule has 0 aromatic carbocycles. The molecule has 2 N–H and O–H groups in total. The predicted octanol–water partition coefficient (Wildman–Crippen LogP) is 2.49. The molecule has 0 aliphatic rings. The van der Waals surface area contributed by atoms with Crippen molar-refractivity contribution in [3.05, 3.63) is 0 Å². The van der Waals surface area contributed by atoms with Crippen molar-refractivity contribution in [3.8, 4) is 0 Å². The molecule has 0 aromatic rings. The molecule has 0 heterocycles. The van der Waals surface area contributed by atoms with Crippen LogP contribution in [0.15, 0.2) is 0 Å². The largest absolute Gasteiger partial charge is 0.480 e. The highest BCUT2D eigenvalue weighted by Crippen LogP contribution is 2.30. The molecule has 0 amide bonds. The van der Waals surface area contributed by atoms with E-state index in [1.807, 2.05) is 20.8 Å². The summed E-state index contributed by atoms with van der Waals surface area (Å²) >= 11 is 2.82. The molecule has 0 saturated carbocycles. The summed E-state index contributed by atoms with van der Waals surface area (Å²) in [4.78, 5) is 22.2. The molecule has 20 heavy (non-hydrogen) atoms. The van der Waals surface area contributed by atoms with Crippen LogP contribution in [0, 0.1) is 5.92 Å². The lowest BCUT2D eigenvalue weighted by molar-refractivity contribution is -0.170. The first-order chi connectivity index (χ1) is 9.33. The zero-order valence-electron chi connectivity index (χ0n) is 12.1. The van der Waals surface area contributed by atoms with E-state index < -0.39 is 22.6 Å². The molecule has 1 atom stereocenters. The number of aliphatic carboxylic acids is 2. The van der Waals surface area contributed by atoms with Gasteiger partial charge in [-0.25, -0.2) is 0 Å². The molecule has 0 saturated heterocycles. The van der Waals surface area contributed by atoms with Gasteiger partial charge >= 0.3 is 11.9 Å². The predicted molar refractivity (Wildman–Crippen MR) is 77.0 cm³/mol. The van der Waals surface area contributed by atoms with Crippen molar-refractivity contribution in [3.63, 3.8) is 0 Å². The van der Waals surface area contributed by atoms with Gasteiger partial charge in [0, 0.05) is 19.1 Å². The Kier molecular flexibility index (Phi) is 9.00. The topological polar surface area (TPSA) is 93.1 Å². The smallest absolute Gasteiger partial charge is 0.332 e. The van der Waals surface area contributed by atoms with Crippen molar-refractivity contribution in [1.29, 1.82) is 0 Å². The standard InChI is InChI=1S/C13H23BrO6/c1-4-9(10(19-5-2)20-6-3)7-8-13(14,11(15)16)12(17)18/h9-10H,4-8H2,1-3H3,(H,15,16)(H,17,18). The molecule has 0 aromatic heterocycles. The third kappa shape index (κ3) is 5.38. The van der Waals surface area contributed by atoms with Gasteiger partial charge in [-0.3, -0.25) is 9.59 Å². The van der Waals surface area contributed by atoms with E-state index in [9.17, 15) is 9.59 Å². The first-order valence-corrected chi connectivity index (χ1v) is 7.51. The fourth-order valence-electron chi connectivity index (χ4n) is 1.87. The van der Waals surface area contributed by atoms with Crippen molar-refractivity contribution in [1.82, 2.24) is 0 Å². The van der Waals surface area contributed by atoms with Crippen LogP contribution in [-0.2, 0) is 19.1 Å². The number of carboxylic acid groups (broad SMARTS) is 2. The molecule has 0 bridgehead atoms. The first-order valence-electron chi connectivity index (χ1n) is 6.72. The lowest BCUT2D eigenvalue weighted by atomic mass is 9.93. The molecule has 7 heteroatoms. The van der Waals surface area contributed by atoms with Crippen LogP contribution >= 0.6 is 15.9 Å². The van der Waals surface area contributed by atoms with Crippen LogP contribution in [0.5, 0.6) is 0 Å². The molecule has 1 unspecified atom stereocenters. The second-order valence-electron chi connectivity index (χ2n) is 4.40. The minimum absolute atomic E-state index is 0.0349.